The molecule has 0 aromatic heterocycles. The summed E-state index contributed by atoms with van der Waals surface area (Å²) in [6.45, 7) is 3.78. The molecule has 0 aliphatic heterocycles. The highest BCUT2D eigenvalue weighted by Crippen LogP contribution is 2.30. The molecule has 0 amide bonds. The number of benzene rings is 1. The number of hydrogen-bond donors (Lipinski definition) is 2. The first-order chi connectivity index (χ1) is 9.35. The van der Waals surface area contributed by atoms with Gasteiger partial charge in [0, 0.05) is 0 Å². The molecule has 0 bridgehead atoms. The summed E-state index contributed by atoms with van der Waals surface area (Å²) < 4.78 is 4.93. The SMILES string of the molecule is COc1ccc(NC(CC(C)C)C(=O)O)c([N+](=O)[O-])c1. The molecule has 1 aromatic carbocycles. The van der Waals surface area contributed by atoms with Crippen LogP contribution in [0.5, 0.6) is 5.75 Å². The van der Waals surface area contributed by atoms with Gasteiger partial charge in [0.15, 0.2) is 0 Å². The van der Waals surface area contributed by atoms with E-state index in [0.29, 0.717) is 12.2 Å². The topological polar surface area (TPSA) is 102 Å². The number of nitrogens with zero attached hydrogens (tertiary/aromatic N) is 1. The minimum Gasteiger partial charge on any atom is -0.496 e. The Kier molecular flexibility index (Phi) is 5.31. The number of carboxylic acids is 1. The fourth-order valence-electron chi connectivity index (χ4n) is 1.79. The molecule has 110 valence electrons. The molecule has 0 radical (unpaired) electrons. The largest absolute Gasteiger partial charge is 0.496 e. The summed E-state index contributed by atoms with van der Waals surface area (Å²) in [5.74, 6) is -0.539. The highest BCUT2D eigenvalue weighted by Gasteiger charge is 2.23. The second-order valence-electron chi connectivity index (χ2n) is 4.80. The quantitative estimate of drug-likeness (QED) is 0.588. The van der Waals surface area contributed by atoms with Gasteiger partial charge in [-0.05, 0) is 24.5 Å². The van der Waals surface area contributed by atoms with Crippen LogP contribution in [0.2, 0.25) is 0 Å². The maximum atomic E-state index is 11.2. The molecule has 1 unspecified atom stereocenters. The minimum atomic E-state index is -1.04. The lowest BCUT2D eigenvalue weighted by Gasteiger charge is -2.17. The Morgan fingerprint density at radius 2 is 2.15 bits per heavy atom. The van der Waals surface area contributed by atoms with Gasteiger partial charge in [-0.3, -0.25) is 10.1 Å². The van der Waals surface area contributed by atoms with Gasteiger partial charge in [0.1, 0.15) is 17.5 Å². The molecule has 7 heteroatoms. The normalized spacial score (nSPS) is 12.0. The van der Waals surface area contributed by atoms with Crippen molar-refractivity contribution in [3.8, 4) is 5.75 Å². The van der Waals surface area contributed by atoms with Gasteiger partial charge < -0.3 is 15.2 Å². The van der Waals surface area contributed by atoms with E-state index >= 15 is 0 Å². The van der Waals surface area contributed by atoms with Gasteiger partial charge >= 0.3 is 5.97 Å². The molecule has 20 heavy (non-hydrogen) atoms. The molecule has 2 N–H and O–H groups in total. The zero-order valence-electron chi connectivity index (χ0n) is 11.6. The van der Waals surface area contributed by atoms with Crippen LogP contribution in [0.25, 0.3) is 0 Å². The summed E-state index contributed by atoms with van der Waals surface area (Å²) in [5.41, 5.74) is -0.0387. The fraction of sp³-hybridized carbons (Fsp3) is 0.462. The van der Waals surface area contributed by atoms with Crippen molar-refractivity contribution in [1.82, 2.24) is 0 Å². The second-order valence-corrected chi connectivity index (χ2v) is 4.80. The lowest BCUT2D eigenvalue weighted by molar-refractivity contribution is -0.384. The molecular weight excluding hydrogens is 264 g/mol. The van der Waals surface area contributed by atoms with Gasteiger partial charge in [0.2, 0.25) is 0 Å². The summed E-state index contributed by atoms with van der Waals surface area (Å²) in [7, 11) is 1.41. The summed E-state index contributed by atoms with van der Waals surface area (Å²) in [6, 6.07) is 3.38. The molecule has 0 spiro atoms. The first-order valence-corrected chi connectivity index (χ1v) is 6.17. The Morgan fingerprint density at radius 1 is 1.50 bits per heavy atom. The zero-order valence-corrected chi connectivity index (χ0v) is 11.6. The van der Waals surface area contributed by atoms with Crippen molar-refractivity contribution in [3.05, 3.63) is 28.3 Å². The van der Waals surface area contributed by atoms with Gasteiger partial charge in [-0.25, -0.2) is 4.79 Å². The van der Waals surface area contributed by atoms with Crippen molar-refractivity contribution < 1.29 is 19.6 Å². The Bertz CT molecular complexity index is 502. The van der Waals surface area contributed by atoms with E-state index in [9.17, 15) is 14.9 Å². The van der Waals surface area contributed by atoms with E-state index in [1.54, 1.807) is 6.07 Å². The van der Waals surface area contributed by atoms with E-state index in [1.165, 1.54) is 19.2 Å². The molecule has 0 aliphatic rings. The molecule has 0 aliphatic carbocycles. The van der Waals surface area contributed by atoms with Crippen molar-refractivity contribution in [2.75, 3.05) is 12.4 Å². The maximum Gasteiger partial charge on any atom is 0.326 e. The monoisotopic (exact) mass is 282 g/mol. The summed E-state index contributed by atoms with van der Waals surface area (Å²) in [4.78, 5) is 21.6. The molecule has 0 saturated heterocycles. The van der Waals surface area contributed by atoms with Crippen LogP contribution in [-0.4, -0.2) is 29.2 Å². The van der Waals surface area contributed by atoms with Gasteiger partial charge in [-0.2, -0.15) is 0 Å². The molecule has 0 saturated carbocycles. The van der Waals surface area contributed by atoms with Gasteiger partial charge in [-0.15, -0.1) is 0 Å². The van der Waals surface area contributed by atoms with Crippen molar-refractivity contribution in [1.29, 1.82) is 0 Å². The predicted molar refractivity (Wildman–Crippen MR) is 74.1 cm³/mol. The van der Waals surface area contributed by atoms with E-state index in [2.05, 4.69) is 5.32 Å². The maximum absolute atomic E-state index is 11.2. The van der Waals surface area contributed by atoms with E-state index < -0.39 is 16.9 Å². The molecule has 1 rings (SSSR count). The third kappa shape index (κ3) is 4.11. The number of nitrogens with one attached hydrogen (secondary N) is 1. The van der Waals surface area contributed by atoms with Crippen LogP contribution in [0.4, 0.5) is 11.4 Å². The Hall–Kier alpha value is -2.31. The van der Waals surface area contributed by atoms with Crippen molar-refractivity contribution in [3.63, 3.8) is 0 Å². The van der Waals surface area contributed by atoms with Crippen molar-refractivity contribution >= 4 is 17.3 Å². The highest BCUT2D eigenvalue weighted by molar-refractivity contribution is 5.79. The van der Waals surface area contributed by atoms with Crippen LogP contribution in [0.15, 0.2) is 18.2 Å². The number of hydrogen-bond acceptors (Lipinski definition) is 5. The first kappa shape index (κ1) is 15.7. The Balaban J connectivity index is 3.05. The molecule has 7 nitrogen and oxygen atoms in total. The van der Waals surface area contributed by atoms with Crippen LogP contribution in [0.1, 0.15) is 20.3 Å². The molecule has 0 heterocycles. The van der Waals surface area contributed by atoms with Crippen LogP contribution in [0, 0.1) is 16.0 Å². The first-order valence-electron chi connectivity index (χ1n) is 6.17. The predicted octanol–water partition coefficient (Wildman–Crippen LogP) is 2.51. The molecule has 1 aromatic rings. The fourth-order valence-corrected chi connectivity index (χ4v) is 1.79. The van der Waals surface area contributed by atoms with Crippen molar-refractivity contribution in [2.24, 2.45) is 5.92 Å². The zero-order chi connectivity index (χ0) is 15.3. The smallest absolute Gasteiger partial charge is 0.326 e. The van der Waals surface area contributed by atoms with Gasteiger partial charge in [-0.1, -0.05) is 13.8 Å². The van der Waals surface area contributed by atoms with E-state index in [1.807, 2.05) is 13.8 Å². The number of anilines is 1. The van der Waals surface area contributed by atoms with E-state index in [0.717, 1.165) is 0 Å². The average Bonchev–Trinajstić information content (AvgIpc) is 2.37. The number of rotatable bonds is 7. The summed E-state index contributed by atoms with van der Waals surface area (Å²) in [6.07, 6.45) is 0.374. The molecule has 1 atom stereocenters. The standard InChI is InChI=1S/C13H18N2O5/c1-8(2)6-11(13(16)17)14-10-5-4-9(20-3)7-12(10)15(18)19/h4-5,7-8,11,14H,6H2,1-3H3,(H,16,17). The number of carboxylic acid groups (broad SMARTS) is 1. The third-order valence-corrected chi connectivity index (χ3v) is 2.74. The number of aliphatic carboxylic acids is 1. The Labute approximate surface area is 116 Å². The minimum absolute atomic E-state index is 0.154. The number of methoxy groups -OCH3 is 1. The number of carbonyl (C=O) groups is 1. The number of nitro groups is 1. The number of ether oxygens (including phenoxy) is 1. The van der Waals surface area contributed by atoms with Crippen molar-refractivity contribution in [2.45, 2.75) is 26.3 Å². The second kappa shape index (κ2) is 6.74. The number of nitro benzene ring substituents is 1. The lowest BCUT2D eigenvalue weighted by Crippen LogP contribution is -2.31. The lowest BCUT2D eigenvalue weighted by atomic mass is 10.0. The van der Waals surface area contributed by atoms with E-state index in [-0.39, 0.29) is 17.3 Å². The average molecular weight is 282 g/mol. The van der Waals surface area contributed by atoms with Crippen LogP contribution < -0.4 is 10.1 Å². The van der Waals surface area contributed by atoms with Gasteiger partial charge in [0.05, 0.1) is 18.1 Å². The van der Waals surface area contributed by atoms with E-state index in [4.69, 9.17) is 9.84 Å². The van der Waals surface area contributed by atoms with Crippen LogP contribution in [0.3, 0.4) is 0 Å². The summed E-state index contributed by atoms with van der Waals surface area (Å²) in [5, 5.41) is 22.9. The van der Waals surface area contributed by atoms with Crippen LogP contribution >= 0.6 is 0 Å². The summed E-state index contributed by atoms with van der Waals surface area (Å²) >= 11 is 0. The molecular formula is C13H18N2O5. The van der Waals surface area contributed by atoms with Gasteiger partial charge in [0.25, 0.3) is 5.69 Å². The Morgan fingerprint density at radius 3 is 2.60 bits per heavy atom. The highest BCUT2D eigenvalue weighted by atomic mass is 16.6. The third-order valence-electron chi connectivity index (χ3n) is 2.74. The molecule has 0 fully saturated rings. The van der Waals surface area contributed by atoms with Crippen LogP contribution in [-0.2, 0) is 4.79 Å².